The van der Waals surface area contributed by atoms with Crippen LogP contribution in [0.15, 0.2) is 22.6 Å². The molecule has 0 saturated heterocycles. The molecule has 1 heterocycles. The van der Waals surface area contributed by atoms with Crippen molar-refractivity contribution in [3.8, 4) is 0 Å². The second-order valence-corrected chi connectivity index (χ2v) is 4.35. The fourth-order valence-electron chi connectivity index (χ4n) is 1.70. The molecule has 0 amide bonds. The predicted molar refractivity (Wildman–Crippen MR) is 70.1 cm³/mol. The van der Waals surface area contributed by atoms with Gasteiger partial charge in [-0.2, -0.15) is 4.98 Å². The minimum Gasteiger partial charge on any atom is -0.424 e. The first-order chi connectivity index (χ1) is 9.06. The largest absolute Gasteiger partial charge is 0.424 e. The third-order valence-electron chi connectivity index (χ3n) is 2.66. The standard InChI is InChI=1S/C12H15N3O4/c1-8(16)3-2-6-13-12-14-10-7-9(15(17)18)4-5-11(10)19-12/h4-5,7-8,16H,2-3,6H2,1H3,(H,13,14). The molecule has 19 heavy (non-hydrogen) atoms. The minimum atomic E-state index is -0.468. The summed E-state index contributed by atoms with van der Waals surface area (Å²) in [7, 11) is 0. The average molecular weight is 265 g/mol. The number of hydrogen-bond acceptors (Lipinski definition) is 6. The Morgan fingerprint density at radius 1 is 1.58 bits per heavy atom. The fourth-order valence-corrected chi connectivity index (χ4v) is 1.70. The SMILES string of the molecule is CC(O)CCCNc1nc2cc([N+](=O)[O-])ccc2o1. The van der Waals surface area contributed by atoms with Gasteiger partial charge in [0, 0.05) is 18.7 Å². The van der Waals surface area contributed by atoms with Crippen molar-refractivity contribution < 1.29 is 14.4 Å². The molecule has 0 saturated carbocycles. The van der Waals surface area contributed by atoms with E-state index >= 15 is 0 Å². The molecule has 1 aromatic carbocycles. The van der Waals surface area contributed by atoms with Crippen molar-refractivity contribution in [3.05, 3.63) is 28.3 Å². The van der Waals surface area contributed by atoms with Gasteiger partial charge in [0.05, 0.1) is 11.0 Å². The van der Waals surface area contributed by atoms with Gasteiger partial charge in [-0.15, -0.1) is 0 Å². The highest BCUT2D eigenvalue weighted by Gasteiger charge is 2.11. The lowest BCUT2D eigenvalue weighted by Gasteiger charge is -2.03. The Morgan fingerprint density at radius 3 is 3.05 bits per heavy atom. The molecule has 0 spiro atoms. The maximum Gasteiger partial charge on any atom is 0.295 e. The highest BCUT2D eigenvalue weighted by molar-refractivity contribution is 5.77. The molecule has 7 nitrogen and oxygen atoms in total. The molecule has 0 bridgehead atoms. The number of oxazole rings is 1. The molecule has 0 aliphatic rings. The smallest absolute Gasteiger partial charge is 0.295 e. The summed E-state index contributed by atoms with van der Waals surface area (Å²) in [6, 6.07) is 4.62. The number of aliphatic hydroxyl groups is 1. The van der Waals surface area contributed by atoms with Crippen molar-refractivity contribution in [2.24, 2.45) is 0 Å². The molecule has 2 rings (SSSR count). The van der Waals surface area contributed by atoms with Crippen LogP contribution in [0.2, 0.25) is 0 Å². The number of fused-ring (bicyclic) bond motifs is 1. The van der Waals surface area contributed by atoms with Gasteiger partial charge in [-0.3, -0.25) is 10.1 Å². The van der Waals surface area contributed by atoms with Crippen molar-refractivity contribution >= 4 is 22.8 Å². The number of benzene rings is 1. The van der Waals surface area contributed by atoms with Crippen LogP contribution < -0.4 is 5.32 Å². The zero-order chi connectivity index (χ0) is 13.8. The summed E-state index contributed by atoms with van der Waals surface area (Å²) >= 11 is 0. The highest BCUT2D eigenvalue weighted by Crippen LogP contribution is 2.23. The summed E-state index contributed by atoms with van der Waals surface area (Å²) in [5.74, 6) is 0. The summed E-state index contributed by atoms with van der Waals surface area (Å²) in [5.41, 5.74) is 0.942. The summed E-state index contributed by atoms with van der Waals surface area (Å²) in [6.07, 6.45) is 1.16. The fraction of sp³-hybridized carbons (Fsp3) is 0.417. The van der Waals surface area contributed by atoms with E-state index in [1.54, 1.807) is 6.92 Å². The quantitative estimate of drug-likeness (QED) is 0.472. The normalized spacial score (nSPS) is 12.5. The molecule has 102 valence electrons. The number of nitrogens with zero attached hydrogens (tertiary/aromatic N) is 2. The van der Waals surface area contributed by atoms with Crippen LogP contribution in [0, 0.1) is 10.1 Å². The van der Waals surface area contributed by atoms with E-state index in [4.69, 9.17) is 9.52 Å². The van der Waals surface area contributed by atoms with Crippen molar-refractivity contribution in [2.45, 2.75) is 25.9 Å². The first-order valence-electron chi connectivity index (χ1n) is 6.03. The highest BCUT2D eigenvalue weighted by atomic mass is 16.6. The summed E-state index contributed by atoms with van der Waals surface area (Å²) < 4.78 is 5.40. The second-order valence-electron chi connectivity index (χ2n) is 4.35. The van der Waals surface area contributed by atoms with Gasteiger partial charge in [0.2, 0.25) is 0 Å². The predicted octanol–water partition coefficient (Wildman–Crippen LogP) is 2.31. The van der Waals surface area contributed by atoms with Gasteiger partial charge in [-0.1, -0.05) is 0 Å². The average Bonchev–Trinajstić information content (AvgIpc) is 2.75. The lowest BCUT2D eigenvalue weighted by molar-refractivity contribution is -0.384. The molecule has 0 aliphatic heterocycles. The lowest BCUT2D eigenvalue weighted by atomic mass is 10.2. The Labute approximate surface area is 109 Å². The van der Waals surface area contributed by atoms with Crippen LogP contribution in [-0.4, -0.2) is 27.7 Å². The van der Waals surface area contributed by atoms with Gasteiger partial charge >= 0.3 is 0 Å². The molecule has 0 radical (unpaired) electrons. The topological polar surface area (TPSA) is 101 Å². The second kappa shape index (κ2) is 5.66. The molecule has 7 heteroatoms. The van der Waals surface area contributed by atoms with Crippen LogP contribution in [0.3, 0.4) is 0 Å². The van der Waals surface area contributed by atoms with E-state index in [0.717, 1.165) is 6.42 Å². The monoisotopic (exact) mass is 265 g/mol. The summed E-state index contributed by atoms with van der Waals surface area (Å²) in [5, 5.41) is 22.7. The number of aromatic nitrogens is 1. The van der Waals surface area contributed by atoms with Crippen molar-refractivity contribution in [1.82, 2.24) is 4.98 Å². The number of rotatable bonds is 6. The maximum atomic E-state index is 10.6. The van der Waals surface area contributed by atoms with Crippen molar-refractivity contribution in [3.63, 3.8) is 0 Å². The van der Waals surface area contributed by atoms with E-state index in [0.29, 0.717) is 30.1 Å². The molecule has 1 unspecified atom stereocenters. The zero-order valence-corrected chi connectivity index (χ0v) is 10.5. The van der Waals surface area contributed by atoms with Gasteiger partial charge in [0.15, 0.2) is 5.58 Å². The minimum absolute atomic E-state index is 0.0125. The molecule has 2 aromatic rings. The Bertz CT molecular complexity index is 579. The van der Waals surface area contributed by atoms with E-state index in [1.807, 2.05) is 0 Å². The number of nitro groups is 1. The van der Waals surface area contributed by atoms with Gasteiger partial charge in [-0.05, 0) is 25.8 Å². The number of nitro benzene ring substituents is 1. The van der Waals surface area contributed by atoms with Crippen LogP contribution in [-0.2, 0) is 0 Å². The number of aliphatic hydroxyl groups excluding tert-OH is 1. The molecule has 1 atom stereocenters. The lowest BCUT2D eigenvalue weighted by Crippen LogP contribution is -2.06. The molecule has 2 N–H and O–H groups in total. The molecule has 0 fully saturated rings. The van der Waals surface area contributed by atoms with Crippen LogP contribution in [0.25, 0.3) is 11.1 Å². The first-order valence-corrected chi connectivity index (χ1v) is 6.03. The number of anilines is 1. The molecule has 1 aromatic heterocycles. The van der Waals surface area contributed by atoms with Crippen LogP contribution in [0.5, 0.6) is 0 Å². The van der Waals surface area contributed by atoms with Crippen molar-refractivity contribution in [1.29, 1.82) is 0 Å². The van der Waals surface area contributed by atoms with Crippen LogP contribution in [0.1, 0.15) is 19.8 Å². The summed E-state index contributed by atoms with van der Waals surface area (Å²) in [4.78, 5) is 14.3. The first kappa shape index (κ1) is 13.3. The Hall–Kier alpha value is -2.15. The third kappa shape index (κ3) is 3.41. The maximum absolute atomic E-state index is 10.6. The van der Waals surface area contributed by atoms with Gasteiger partial charge < -0.3 is 14.8 Å². The molecular weight excluding hydrogens is 250 g/mol. The van der Waals surface area contributed by atoms with E-state index in [2.05, 4.69) is 10.3 Å². The summed E-state index contributed by atoms with van der Waals surface area (Å²) in [6.45, 7) is 2.36. The van der Waals surface area contributed by atoms with Gasteiger partial charge in [-0.25, -0.2) is 0 Å². The van der Waals surface area contributed by atoms with E-state index in [1.165, 1.54) is 18.2 Å². The third-order valence-corrected chi connectivity index (χ3v) is 2.66. The Balaban J connectivity index is 2.03. The Morgan fingerprint density at radius 2 is 2.37 bits per heavy atom. The van der Waals surface area contributed by atoms with Crippen molar-refractivity contribution in [2.75, 3.05) is 11.9 Å². The molecular formula is C12H15N3O4. The Kier molecular flexibility index (Phi) is 3.96. The van der Waals surface area contributed by atoms with Gasteiger partial charge in [0.25, 0.3) is 11.7 Å². The van der Waals surface area contributed by atoms with Gasteiger partial charge in [0.1, 0.15) is 5.52 Å². The zero-order valence-electron chi connectivity index (χ0n) is 10.5. The number of nitrogens with one attached hydrogen (secondary N) is 1. The molecule has 0 aliphatic carbocycles. The number of non-ortho nitro benzene ring substituents is 1. The van der Waals surface area contributed by atoms with Crippen LogP contribution >= 0.6 is 0 Å². The van der Waals surface area contributed by atoms with E-state index in [-0.39, 0.29) is 11.8 Å². The van der Waals surface area contributed by atoms with Crippen LogP contribution in [0.4, 0.5) is 11.7 Å². The van der Waals surface area contributed by atoms with E-state index < -0.39 is 4.92 Å². The number of hydrogen-bond donors (Lipinski definition) is 2. The van der Waals surface area contributed by atoms with E-state index in [9.17, 15) is 10.1 Å².